The molecule has 2 aliphatic heterocycles. The Morgan fingerprint density at radius 2 is 1.82 bits per heavy atom. The number of halogens is 3. The number of aryl methyl sites for hydroxylation is 1. The summed E-state index contributed by atoms with van der Waals surface area (Å²) in [7, 11) is 0. The second-order valence-corrected chi connectivity index (χ2v) is 12.3. The molecule has 0 aliphatic carbocycles. The molecule has 4 atom stereocenters. The largest absolute Gasteiger partial charge is 0.429 e. The van der Waals surface area contributed by atoms with Crippen molar-refractivity contribution in [3.63, 3.8) is 0 Å². The van der Waals surface area contributed by atoms with E-state index < -0.39 is 35.5 Å². The number of fused-ring (bicyclic) bond motifs is 2. The third-order valence-corrected chi connectivity index (χ3v) is 7.95. The van der Waals surface area contributed by atoms with Crippen LogP contribution < -0.4 is 16.0 Å². The Balaban J connectivity index is 1.65. The summed E-state index contributed by atoms with van der Waals surface area (Å²) in [6.07, 6.45) is -1.26. The maximum absolute atomic E-state index is 15.7. The highest BCUT2D eigenvalue weighted by atomic mass is 35.5. The minimum absolute atomic E-state index is 0.0838. The molecule has 2 heterocycles. The summed E-state index contributed by atoms with van der Waals surface area (Å²) in [6, 6.07) is 16.6. The minimum atomic E-state index is -1.31. The third-order valence-electron chi connectivity index (χ3n) is 7.42. The van der Waals surface area contributed by atoms with Gasteiger partial charge in [-0.25, -0.2) is 9.18 Å². The number of benzene rings is 3. The van der Waals surface area contributed by atoms with Gasteiger partial charge in [-0.3, -0.25) is 15.4 Å². The molecule has 1 spiro atoms. The minimum Gasteiger partial charge on any atom is -0.429 e. The fourth-order valence-electron chi connectivity index (χ4n) is 5.87. The van der Waals surface area contributed by atoms with Crippen LogP contribution in [-0.2, 0) is 14.9 Å². The van der Waals surface area contributed by atoms with E-state index in [-0.39, 0.29) is 21.9 Å². The molecular weight excluding hydrogens is 540 g/mol. The Morgan fingerprint density at radius 3 is 2.51 bits per heavy atom. The fraction of sp³-hybridized carbons (Fsp3) is 0.333. The van der Waals surface area contributed by atoms with E-state index in [2.05, 4.69) is 36.7 Å². The Hall–Kier alpha value is -3.13. The number of carbonyl (C=O) groups excluding carboxylic acids is 2. The Morgan fingerprint density at radius 1 is 1.10 bits per heavy atom. The lowest BCUT2D eigenvalue weighted by Gasteiger charge is -2.37. The lowest BCUT2D eigenvalue weighted by Crippen LogP contribution is -2.49. The number of amides is 2. The monoisotopic (exact) mass is 569 g/mol. The number of ether oxygens (including phenoxy) is 1. The summed E-state index contributed by atoms with van der Waals surface area (Å²) < 4.78 is 21.7. The molecule has 204 valence electrons. The maximum Gasteiger partial charge on any atom is 0.413 e. The molecule has 0 unspecified atom stereocenters. The highest BCUT2D eigenvalue weighted by Gasteiger charge is 2.66. The molecule has 2 aliphatic rings. The fourth-order valence-corrected chi connectivity index (χ4v) is 6.22. The lowest BCUT2D eigenvalue weighted by molar-refractivity contribution is -0.122. The predicted molar refractivity (Wildman–Crippen MR) is 152 cm³/mol. The second kappa shape index (κ2) is 10.1. The van der Waals surface area contributed by atoms with E-state index >= 15 is 4.39 Å². The van der Waals surface area contributed by atoms with Crippen molar-refractivity contribution in [2.75, 3.05) is 10.6 Å². The van der Waals surface area contributed by atoms with Crippen LogP contribution in [0.4, 0.5) is 20.6 Å². The zero-order valence-electron chi connectivity index (χ0n) is 22.1. The molecule has 39 heavy (non-hydrogen) atoms. The maximum atomic E-state index is 15.7. The molecule has 1 saturated heterocycles. The molecular formula is C30H30Cl2FN3O3. The Kier molecular flexibility index (Phi) is 7.12. The molecule has 3 aromatic rings. The molecule has 6 nitrogen and oxygen atoms in total. The van der Waals surface area contributed by atoms with Gasteiger partial charge < -0.3 is 10.1 Å². The molecule has 0 aromatic heterocycles. The highest BCUT2D eigenvalue weighted by molar-refractivity contribution is 6.31. The third kappa shape index (κ3) is 4.99. The molecule has 3 N–H and O–H groups in total. The van der Waals surface area contributed by atoms with Crippen LogP contribution in [0.25, 0.3) is 0 Å². The number of hydrogen-bond acceptors (Lipinski definition) is 4. The molecule has 3 aromatic carbocycles. The van der Waals surface area contributed by atoms with Gasteiger partial charge in [0.05, 0.1) is 10.9 Å². The van der Waals surface area contributed by atoms with E-state index in [0.717, 1.165) is 5.56 Å². The van der Waals surface area contributed by atoms with Gasteiger partial charge >= 0.3 is 6.09 Å². The van der Waals surface area contributed by atoms with Crippen molar-refractivity contribution in [1.82, 2.24) is 5.32 Å². The van der Waals surface area contributed by atoms with E-state index in [1.54, 1.807) is 42.5 Å². The number of rotatable bonds is 4. The first kappa shape index (κ1) is 27.4. The van der Waals surface area contributed by atoms with E-state index in [4.69, 9.17) is 27.9 Å². The molecule has 0 bridgehead atoms. The Labute approximate surface area is 237 Å². The van der Waals surface area contributed by atoms with Crippen LogP contribution in [0.3, 0.4) is 0 Å². The van der Waals surface area contributed by atoms with Crippen molar-refractivity contribution in [2.45, 2.75) is 57.7 Å². The molecule has 1 fully saturated rings. The topological polar surface area (TPSA) is 79.5 Å². The van der Waals surface area contributed by atoms with Crippen LogP contribution in [0.2, 0.25) is 10.0 Å². The summed E-state index contributed by atoms with van der Waals surface area (Å²) in [5.74, 6) is -1.92. The quantitative estimate of drug-likeness (QED) is 0.306. The number of anilines is 2. The highest BCUT2D eigenvalue weighted by Crippen LogP contribution is 2.57. The van der Waals surface area contributed by atoms with Gasteiger partial charge in [-0.05, 0) is 60.2 Å². The first-order valence-electron chi connectivity index (χ1n) is 12.8. The van der Waals surface area contributed by atoms with E-state index in [1.165, 1.54) is 6.07 Å². The molecule has 0 radical (unpaired) electrons. The van der Waals surface area contributed by atoms with Gasteiger partial charge in [-0.2, -0.15) is 0 Å². The van der Waals surface area contributed by atoms with Crippen LogP contribution in [0.15, 0.2) is 60.7 Å². The zero-order valence-corrected chi connectivity index (χ0v) is 23.6. The summed E-state index contributed by atoms with van der Waals surface area (Å²) in [6.45, 7) is 8.13. The first-order valence-corrected chi connectivity index (χ1v) is 13.5. The molecule has 5 rings (SSSR count). The SMILES string of the molecule is Cc1ccc(NC(=O)O[C@H]2N[C@@H](CC(C)(C)C)[C@@]3(C(=O)Nc4cc(Cl)ccc43)[C@H]2c2cccc(Cl)c2F)cc1. The smallest absolute Gasteiger partial charge is 0.413 e. The number of carbonyl (C=O) groups is 2. The second-order valence-electron chi connectivity index (χ2n) is 11.4. The summed E-state index contributed by atoms with van der Waals surface area (Å²) >= 11 is 12.5. The average molecular weight is 570 g/mol. The number of hydrogen-bond donors (Lipinski definition) is 3. The normalized spacial score (nSPS) is 24.0. The van der Waals surface area contributed by atoms with Gasteiger partial charge in [0.1, 0.15) is 11.2 Å². The van der Waals surface area contributed by atoms with Crippen molar-refractivity contribution < 1.29 is 18.7 Å². The first-order chi connectivity index (χ1) is 18.4. The number of nitrogens with one attached hydrogen (secondary N) is 3. The average Bonchev–Trinajstić information content (AvgIpc) is 3.30. The zero-order chi connectivity index (χ0) is 28.1. The summed E-state index contributed by atoms with van der Waals surface area (Å²) in [5.41, 5.74) is 1.44. The molecule has 2 amide bonds. The van der Waals surface area contributed by atoms with E-state index in [0.29, 0.717) is 28.4 Å². The van der Waals surface area contributed by atoms with Crippen molar-refractivity contribution in [1.29, 1.82) is 0 Å². The summed E-state index contributed by atoms with van der Waals surface area (Å²) in [5, 5.41) is 9.47. The van der Waals surface area contributed by atoms with Gasteiger partial charge in [0, 0.05) is 22.4 Å². The standard InChI is InChI=1S/C30H30Cl2FN3O3/c1-16-8-11-18(12-9-16)34-28(38)39-26-24(19-6-5-7-21(32)25(19)33)30(23(36-26)15-29(2,3)4)20-13-10-17(31)14-22(20)35-27(30)37/h5-14,23-24,26,36H,15H2,1-4H3,(H,34,38)(H,35,37)/t23-,24-,26+,30+/m0/s1. The van der Waals surface area contributed by atoms with E-state index in [1.807, 2.05) is 19.1 Å². The van der Waals surface area contributed by atoms with Crippen LogP contribution in [-0.4, -0.2) is 24.3 Å². The van der Waals surface area contributed by atoms with Crippen LogP contribution in [0, 0.1) is 18.2 Å². The Bertz CT molecular complexity index is 1440. The predicted octanol–water partition coefficient (Wildman–Crippen LogP) is 7.40. The van der Waals surface area contributed by atoms with Crippen molar-refractivity contribution >= 4 is 46.6 Å². The van der Waals surface area contributed by atoms with E-state index in [9.17, 15) is 9.59 Å². The van der Waals surface area contributed by atoms with Crippen LogP contribution in [0.1, 0.15) is 49.8 Å². The summed E-state index contributed by atoms with van der Waals surface area (Å²) in [4.78, 5) is 27.2. The van der Waals surface area contributed by atoms with Gasteiger partial charge in [0.2, 0.25) is 5.91 Å². The van der Waals surface area contributed by atoms with Gasteiger partial charge in [0.15, 0.2) is 6.23 Å². The van der Waals surface area contributed by atoms with Crippen LogP contribution >= 0.6 is 23.2 Å². The molecule has 0 saturated carbocycles. The van der Waals surface area contributed by atoms with Gasteiger partial charge in [0.25, 0.3) is 0 Å². The van der Waals surface area contributed by atoms with Crippen molar-refractivity contribution in [3.05, 3.63) is 93.2 Å². The van der Waals surface area contributed by atoms with Gasteiger partial charge in [-0.1, -0.05) is 79.9 Å². The van der Waals surface area contributed by atoms with Crippen LogP contribution in [0.5, 0.6) is 0 Å². The van der Waals surface area contributed by atoms with Gasteiger partial charge in [-0.15, -0.1) is 0 Å². The molecule has 9 heteroatoms. The van der Waals surface area contributed by atoms with Crippen molar-refractivity contribution in [2.24, 2.45) is 5.41 Å². The van der Waals surface area contributed by atoms with Crippen molar-refractivity contribution in [3.8, 4) is 0 Å². The lowest BCUT2D eigenvalue weighted by atomic mass is 9.63.